The molecule has 0 aliphatic carbocycles. The van der Waals surface area contributed by atoms with Crippen molar-refractivity contribution in [1.29, 1.82) is 0 Å². The van der Waals surface area contributed by atoms with Crippen LogP contribution in [0.3, 0.4) is 0 Å². The molecule has 0 unspecified atom stereocenters. The van der Waals surface area contributed by atoms with Crippen LogP contribution in [0.1, 0.15) is 5.56 Å². The number of ether oxygens (including phenoxy) is 3. The number of hydrogen-bond acceptors (Lipinski definition) is 6. The molecule has 7 nitrogen and oxygen atoms in total. The zero-order valence-electron chi connectivity index (χ0n) is 14.0. The van der Waals surface area contributed by atoms with E-state index < -0.39 is 0 Å². The smallest absolute Gasteiger partial charge is 0.236 e. The normalized spacial score (nSPS) is 15.4. The second-order valence-corrected chi connectivity index (χ2v) is 5.35. The van der Waals surface area contributed by atoms with Crippen molar-refractivity contribution in [3.63, 3.8) is 0 Å². The molecule has 0 bridgehead atoms. The Morgan fingerprint density at radius 2 is 1.70 bits per heavy atom. The number of hydrogen-bond donors (Lipinski definition) is 1. The summed E-state index contributed by atoms with van der Waals surface area (Å²) in [5.74, 6) is 1.94. The monoisotopic (exact) mass is 323 g/mol. The molecular formula is C16H25N3O4. The van der Waals surface area contributed by atoms with E-state index in [0.717, 1.165) is 25.2 Å². The molecule has 0 saturated carbocycles. The van der Waals surface area contributed by atoms with Crippen molar-refractivity contribution >= 4 is 5.91 Å². The molecule has 23 heavy (non-hydrogen) atoms. The lowest BCUT2D eigenvalue weighted by Crippen LogP contribution is -2.49. The summed E-state index contributed by atoms with van der Waals surface area (Å²) in [5.41, 5.74) is 6.44. The number of nitrogens with zero attached hydrogens (tertiary/aromatic N) is 2. The molecule has 7 heteroatoms. The van der Waals surface area contributed by atoms with Gasteiger partial charge in [0.05, 0.1) is 27.9 Å². The molecule has 0 aromatic heterocycles. The molecule has 0 spiro atoms. The van der Waals surface area contributed by atoms with Crippen LogP contribution in [0.4, 0.5) is 0 Å². The van der Waals surface area contributed by atoms with Crippen molar-refractivity contribution in [2.24, 2.45) is 5.73 Å². The minimum absolute atomic E-state index is 0.00773. The average Bonchev–Trinajstić information content (AvgIpc) is 2.61. The average molecular weight is 323 g/mol. The van der Waals surface area contributed by atoms with Crippen LogP contribution in [0.5, 0.6) is 17.2 Å². The lowest BCUT2D eigenvalue weighted by molar-refractivity contribution is -0.131. The van der Waals surface area contributed by atoms with E-state index in [9.17, 15) is 4.79 Å². The molecule has 1 aromatic rings. The fourth-order valence-electron chi connectivity index (χ4n) is 2.81. The standard InChI is InChI=1S/C16H25N3O4/c1-21-13-5-4-12(15(22-2)16(13)23-3)11-18-6-8-19(9-7-18)14(20)10-17/h4-5H,6-11,17H2,1-3H3. The van der Waals surface area contributed by atoms with Gasteiger partial charge in [0, 0.05) is 38.3 Å². The second kappa shape index (κ2) is 8.03. The molecule has 1 saturated heterocycles. The van der Waals surface area contributed by atoms with Gasteiger partial charge in [-0.2, -0.15) is 0 Å². The summed E-state index contributed by atoms with van der Waals surface area (Å²) in [7, 11) is 4.82. The van der Waals surface area contributed by atoms with Crippen LogP contribution >= 0.6 is 0 Å². The lowest BCUT2D eigenvalue weighted by atomic mass is 10.1. The Bertz CT molecular complexity index is 542. The summed E-state index contributed by atoms with van der Waals surface area (Å²) < 4.78 is 16.2. The van der Waals surface area contributed by atoms with Gasteiger partial charge in [0.15, 0.2) is 11.5 Å². The third-order valence-electron chi connectivity index (χ3n) is 4.08. The molecule has 1 heterocycles. The molecule has 1 aliphatic rings. The number of carbonyl (C=O) groups is 1. The number of piperazine rings is 1. The van der Waals surface area contributed by atoms with Crippen LogP contribution < -0.4 is 19.9 Å². The highest BCUT2D eigenvalue weighted by molar-refractivity contribution is 5.78. The number of carbonyl (C=O) groups excluding carboxylic acids is 1. The molecule has 0 radical (unpaired) electrons. The summed E-state index contributed by atoms with van der Waals surface area (Å²) in [6, 6.07) is 3.86. The Morgan fingerprint density at radius 3 is 2.22 bits per heavy atom. The molecule has 0 atom stereocenters. The lowest BCUT2D eigenvalue weighted by Gasteiger charge is -2.34. The highest BCUT2D eigenvalue weighted by Gasteiger charge is 2.22. The number of methoxy groups -OCH3 is 3. The van der Waals surface area contributed by atoms with Crippen LogP contribution in [0, 0.1) is 0 Å². The summed E-state index contributed by atoms with van der Waals surface area (Å²) in [6.07, 6.45) is 0. The largest absolute Gasteiger partial charge is 0.493 e. The minimum atomic E-state index is 0.00773. The summed E-state index contributed by atoms with van der Waals surface area (Å²) in [6.45, 7) is 3.82. The molecule has 2 N–H and O–H groups in total. The first-order valence-corrected chi connectivity index (χ1v) is 7.62. The molecule has 1 amide bonds. The van der Waals surface area contributed by atoms with E-state index in [2.05, 4.69) is 4.90 Å². The first kappa shape index (κ1) is 17.4. The van der Waals surface area contributed by atoms with Crippen molar-refractivity contribution in [3.05, 3.63) is 17.7 Å². The topological polar surface area (TPSA) is 77.3 Å². The van der Waals surface area contributed by atoms with Crippen molar-refractivity contribution in [2.75, 3.05) is 54.1 Å². The van der Waals surface area contributed by atoms with Gasteiger partial charge in [0.25, 0.3) is 0 Å². The van der Waals surface area contributed by atoms with Gasteiger partial charge < -0.3 is 24.8 Å². The van der Waals surface area contributed by atoms with E-state index >= 15 is 0 Å². The molecule has 1 aromatic carbocycles. The maximum absolute atomic E-state index is 11.6. The molecule has 2 rings (SSSR count). The zero-order valence-corrected chi connectivity index (χ0v) is 14.0. The van der Waals surface area contributed by atoms with E-state index in [-0.39, 0.29) is 12.5 Å². The predicted octanol–water partition coefficient (Wildman–Crippen LogP) is 0.315. The van der Waals surface area contributed by atoms with Crippen LogP contribution in [0.2, 0.25) is 0 Å². The maximum atomic E-state index is 11.6. The second-order valence-electron chi connectivity index (χ2n) is 5.35. The molecule has 128 valence electrons. The summed E-state index contributed by atoms with van der Waals surface area (Å²) >= 11 is 0. The third kappa shape index (κ3) is 3.86. The number of amides is 1. The highest BCUT2D eigenvalue weighted by atomic mass is 16.5. The van der Waals surface area contributed by atoms with Crippen LogP contribution in [-0.2, 0) is 11.3 Å². The van der Waals surface area contributed by atoms with Gasteiger partial charge in [-0.1, -0.05) is 6.07 Å². The van der Waals surface area contributed by atoms with Crippen molar-refractivity contribution in [2.45, 2.75) is 6.54 Å². The fourth-order valence-corrected chi connectivity index (χ4v) is 2.81. The van der Waals surface area contributed by atoms with Gasteiger partial charge in [-0.25, -0.2) is 0 Å². The van der Waals surface area contributed by atoms with Gasteiger partial charge >= 0.3 is 0 Å². The number of benzene rings is 1. The molecule has 1 aliphatic heterocycles. The highest BCUT2D eigenvalue weighted by Crippen LogP contribution is 2.40. The van der Waals surface area contributed by atoms with Gasteiger partial charge in [-0.3, -0.25) is 9.69 Å². The van der Waals surface area contributed by atoms with E-state index in [1.54, 1.807) is 21.3 Å². The van der Waals surface area contributed by atoms with Gasteiger partial charge in [0.2, 0.25) is 11.7 Å². The van der Waals surface area contributed by atoms with Crippen LogP contribution in [0.25, 0.3) is 0 Å². The first-order chi connectivity index (χ1) is 11.1. The van der Waals surface area contributed by atoms with Gasteiger partial charge in [0.1, 0.15) is 0 Å². The van der Waals surface area contributed by atoms with Crippen molar-refractivity contribution in [3.8, 4) is 17.2 Å². The fraction of sp³-hybridized carbons (Fsp3) is 0.562. The Morgan fingerprint density at radius 1 is 1.04 bits per heavy atom. The Kier molecular flexibility index (Phi) is 6.06. The van der Waals surface area contributed by atoms with Gasteiger partial charge in [-0.05, 0) is 6.07 Å². The van der Waals surface area contributed by atoms with Crippen LogP contribution in [-0.4, -0.2) is 69.8 Å². The first-order valence-electron chi connectivity index (χ1n) is 7.62. The van der Waals surface area contributed by atoms with Crippen molar-refractivity contribution < 1.29 is 19.0 Å². The summed E-state index contributed by atoms with van der Waals surface area (Å²) in [4.78, 5) is 15.7. The predicted molar refractivity (Wildman–Crippen MR) is 87.0 cm³/mol. The Labute approximate surface area is 136 Å². The van der Waals surface area contributed by atoms with Crippen LogP contribution in [0.15, 0.2) is 12.1 Å². The minimum Gasteiger partial charge on any atom is -0.493 e. The van der Waals surface area contributed by atoms with E-state index in [0.29, 0.717) is 30.3 Å². The van der Waals surface area contributed by atoms with E-state index in [4.69, 9.17) is 19.9 Å². The molecule has 1 fully saturated rings. The number of nitrogens with two attached hydrogens (primary N) is 1. The summed E-state index contributed by atoms with van der Waals surface area (Å²) in [5, 5.41) is 0. The van der Waals surface area contributed by atoms with E-state index in [1.165, 1.54) is 0 Å². The number of rotatable bonds is 6. The Hall–Kier alpha value is -1.99. The zero-order chi connectivity index (χ0) is 16.8. The van der Waals surface area contributed by atoms with E-state index in [1.807, 2.05) is 17.0 Å². The SMILES string of the molecule is COc1ccc(CN2CCN(C(=O)CN)CC2)c(OC)c1OC. The third-order valence-corrected chi connectivity index (χ3v) is 4.08. The maximum Gasteiger partial charge on any atom is 0.236 e. The van der Waals surface area contributed by atoms with Gasteiger partial charge in [-0.15, -0.1) is 0 Å². The van der Waals surface area contributed by atoms with Crippen molar-refractivity contribution in [1.82, 2.24) is 9.80 Å². The quantitative estimate of drug-likeness (QED) is 0.812. The molecular weight excluding hydrogens is 298 g/mol. The Balaban J connectivity index is 2.08.